The Kier molecular flexibility index (Phi) is 9.93. The number of hydrogen-bond donors (Lipinski definition) is 7. The minimum absolute atomic E-state index is 0.473. The Bertz CT molecular complexity index is 1300. The fourth-order valence-electron chi connectivity index (χ4n) is 6.80. The van der Waals surface area contributed by atoms with Crippen LogP contribution in [0.1, 0.15) is 12.5 Å². The maximum Gasteiger partial charge on any atom is 0.331 e. The molecule has 1 aromatic carbocycles. The first-order chi connectivity index (χ1) is 22.5. The first-order valence-electron chi connectivity index (χ1n) is 15.3. The van der Waals surface area contributed by atoms with Gasteiger partial charge < -0.3 is 73.6 Å². The number of carbonyl (C=O) groups is 1. The van der Waals surface area contributed by atoms with Gasteiger partial charge in [-0.05, 0) is 36.8 Å². The van der Waals surface area contributed by atoms with Crippen molar-refractivity contribution in [2.24, 2.45) is 11.8 Å². The molecule has 6 rings (SSSR count). The van der Waals surface area contributed by atoms with Gasteiger partial charge in [-0.25, -0.2) is 4.79 Å². The monoisotopic (exact) mass is 668 g/mol. The van der Waals surface area contributed by atoms with Crippen molar-refractivity contribution in [3.05, 3.63) is 48.2 Å². The van der Waals surface area contributed by atoms with Crippen LogP contribution >= 0.6 is 0 Å². The molecule has 1 saturated carbocycles. The van der Waals surface area contributed by atoms with E-state index in [9.17, 15) is 40.5 Å². The van der Waals surface area contributed by atoms with Crippen molar-refractivity contribution in [3.8, 4) is 5.75 Å². The lowest BCUT2D eigenvalue weighted by molar-refractivity contribution is -0.347. The number of hydrogen-bond acceptors (Lipinski definition) is 16. The molecule has 4 aliphatic heterocycles. The van der Waals surface area contributed by atoms with Crippen LogP contribution in [-0.4, -0.2) is 148 Å². The molecule has 0 aromatic heterocycles. The van der Waals surface area contributed by atoms with Gasteiger partial charge >= 0.3 is 5.97 Å². The second-order valence-corrected chi connectivity index (χ2v) is 12.2. The van der Waals surface area contributed by atoms with Gasteiger partial charge in [-0.1, -0.05) is 12.1 Å². The fraction of sp³-hybridized carbons (Fsp3) is 0.645. The van der Waals surface area contributed by atoms with Crippen LogP contribution < -0.4 is 4.74 Å². The maximum atomic E-state index is 12.6. The van der Waals surface area contributed by atoms with Gasteiger partial charge in [-0.3, -0.25) is 0 Å². The Balaban J connectivity index is 1.10. The number of benzene rings is 1. The molecular weight excluding hydrogens is 628 g/mol. The zero-order valence-corrected chi connectivity index (χ0v) is 25.5. The zero-order valence-electron chi connectivity index (χ0n) is 25.5. The first kappa shape index (κ1) is 34.2. The highest BCUT2D eigenvalue weighted by molar-refractivity contribution is 5.87. The minimum atomic E-state index is -1.69. The van der Waals surface area contributed by atoms with Crippen molar-refractivity contribution < 1.29 is 78.4 Å². The molecule has 1 aliphatic carbocycles. The molecule has 260 valence electrons. The number of fused-ring (bicyclic) bond motifs is 3. The zero-order chi connectivity index (χ0) is 33.6. The topological polar surface area (TPSA) is 236 Å². The molecule has 4 heterocycles. The van der Waals surface area contributed by atoms with E-state index in [1.54, 1.807) is 44.4 Å². The van der Waals surface area contributed by atoms with E-state index in [-0.39, 0.29) is 0 Å². The van der Waals surface area contributed by atoms with Crippen molar-refractivity contribution in [2.45, 2.75) is 92.4 Å². The quantitative estimate of drug-likeness (QED) is 0.0777. The molecule has 1 aromatic rings. The first-order valence-corrected chi connectivity index (χ1v) is 15.3. The van der Waals surface area contributed by atoms with Crippen molar-refractivity contribution in [2.75, 3.05) is 20.3 Å². The van der Waals surface area contributed by atoms with E-state index in [2.05, 4.69) is 0 Å². The van der Waals surface area contributed by atoms with Crippen molar-refractivity contribution in [1.29, 1.82) is 0 Å². The van der Waals surface area contributed by atoms with E-state index in [1.165, 1.54) is 18.4 Å². The standard InChI is InChI=1S/C31H40O16/c1-13-25(44-18(34)8-5-14-3-6-15(40-2)7-4-14)22(37)24(39)29(42-13)45-26-16-9-10-41-28(19(16)31(12-33)27(26)47-31)46-30-23(38)21(36)20(35)17(11-32)43-30/h3-10,13,16-17,19-30,32-33,35-39H,11-12H2,1-2H3/b8-5+/t13-,16-,17+,19-,20+,21-,22-,23+,24+,25-,26-,27+,28-,29-,30-,31-/m0/s1. The molecule has 16 heteroatoms. The maximum absolute atomic E-state index is 12.6. The van der Waals surface area contributed by atoms with Crippen LogP contribution in [0.5, 0.6) is 5.75 Å². The average molecular weight is 669 g/mol. The molecule has 3 saturated heterocycles. The highest BCUT2D eigenvalue weighted by Gasteiger charge is 2.77. The Labute approximate surface area is 269 Å². The molecule has 16 atom stereocenters. The van der Waals surface area contributed by atoms with E-state index in [4.69, 9.17) is 37.9 Å². The molecule has 7 N–H and O–H groups in total. The third-order valence-corrected chi connectivity index (χ3v) is 9.45. The number of aliphatic hydroxyl groups is 7. The van der Waals surface area contributed by atoms with Gasteiger partial charge in [0.1, 0.15) is 54.1 Å². The smallest absolute Gasteiger partial charge is 0.331 e. The van der Waals surface area contributed by atoms with Gasteiger partial charge in [0.25, 0.3) is 0 Å². The Morgan fingerprint density at radius 1 is 0.894 bits per heavy atom. The van der Waals surface area contributed by atoms with Gasteiger partial charge in [-0.2, -0.15) is 0 Å². The molecular formula is C31H40O16. The number of ether oxygens (including phenoxy) is 8. The van der Waals surface area contributed by atoms with Crippen LogP contribution in [0.3, 0.4) is 0 Å². The van der Waals surface area contributed by atoms with Crippen LogP contribution in [0.15, 0.2) is 42.7 Å². The Morgan fingerprint density at radius 3 is 2.28 bits per heavy atom. The highest BCUT2D eigenvalue weighted by Crippen LogP contribution is 2.61. The largest absolute Gasteiger partial charge is 0.497 e. The number of aliphatic hydroxyl groups excluding tert-OH is 7. The molecule has 5 aliphatic rings. The summed E-state index contributed by atoms with van der Waals surface area (Å²) in [6.45, 7) is 0.427. The Hall–Kier alpha value is -2.71. The molecule has 0 amide bonds. The summed E-state index contributed by atoms with van der Waals surface area (Å²) in [6.07, 6.45) is -11.4. The third-order valence-electron chi connectivity index (χ3n) is 9.45. The van der Waals surface area contributed by atoms with Crippen LogP contribution in [0, 0.1) is 11.8 Å². The van der Waals surface area contributed by atoms with Crippen LogP contribution in [0.25, 0.3) is 6.08 Å². The third kappa shape index (κ3) is 6.29. The van der Waals surface area contributed by atoms with E-state index in [0.717, 1.165) is 0 Å². The number of methoxy groups -OCH3 is 1. The second kappa shape index (κ2) is 13.7. The number of epoxide rings is 1. The SMILES string of the molecule is COc1ccc(/C=C/C(=O)O[C@@H]2[C@@H](O)[C@@H](O)[C@H](O[C@H]3[C@H]4C=CO[C@@H](O[C@@H]5O[C@H](CO)[C@@H](O)[C@H](O)[C@H]5O)[C@H]4[C@]4(CO)O[C@H]34)O[C@H]2C)cc1. The highest BCUT2D eigenvalue weighted by atomic mass is 16.8. The molecule has 16 nitrogen and oxygen atoms in total. The molecule has 0 bridgehead atoms. The number of esters is 1. The molecule has 47 heavy (non-hydrogen) atoms. The summed E-state index contributed by atoms with van der Waals surface area (Å²) in [5, 5.41) is 72.6. The lowest BCUT2D eigenvalue weighted by Gasteiger charge is -2.44. The number of rotatable bonds is 10. The number of carbonyl (C=O) groups excluding carboxylic acids is 1. The fourth-order valence-corrected chi connectivity index (χ4v) is 6.80. The van der Waals surface area contributed by atoms with Crippen LogP contribution in [-0.2, 0) is 38.0 Å². The normalized spacial score (nSPS) is 45.6. The molecule has 4 fully saturated rings. The Morgan fingerprint density at radius 2 is 1.60 bits per heavy atom. The van der Waals surface area contributed by atoms with Gasteiger partial charge in [0.2, 0.25) is 6.29 Å². The predicted octanol–water partition coefficient (Wildman–Crippen LogP) is -2.47. The summed E-state index contributed by atoms with van der Waals surface area (Å²) in [5.41, 5.74) is -0.499. The molecule has 0 spiro atoms. The van der Waals surface area contributed by atoms with E-state index in [1.807, 2.05) is 0 Å². The lowest BCUT2D eigenvalue weighted by Crippen LogP contribution is -2.60. The summed E-state index contributed by atoms with van der Waals surface area (Å²) in [4.78, 5) is 12.6. The second-order valence-electron chi connectivity index (χ2n) is 12.2. The minimum Gasteiger partial charge on any atom is -0.497 e. The lowest BCUT2D eigenvalue weighted by atomic mass is 9.85. The summed E-state index contributed by atoms with van der Waals surface area (Å²) in [5.74, 6) is -1.40. The van der Waals surface area contributed by atoms with Crippen molar-refractivity contribution >= 4 is 12.0 Å². The summed E-state index contributed by atoms with van der Waals surface area (Å²) < 4.78 is 45.5. The average Bonchev–Trinajstić information content (AvgIpc) is 3.75. The van der Waals surface area contributed by atoms with Crippen molar-refractivity contribution in [3.63, 3.8) is 0 Å². The van der Waals surface area contributed by atoms with E-state index >= 15 is 0 Å². The van der Waals surface area contributed by atoms with E-state index < -0.39 is 117 Å². The van der Waals surface area contributed by atoms with Gasteiger partial charge in [0, 0.05) is 12.0 Å². The predicted molar refractivity (Wildman–Crippen MR) is 154 cm³/mol. The summed E-state index contributed by atoms with van der Waals surface area (Å²) >= 11 is 0. The molecule has 0 radical (unpaired) electrons. The van der Waals surface area contributed by atoms with Gasteiger partial charge in [0.05, 0.1) is 44.7 Å². The summed E-state index contributed by atoms with van der Waals surface area (Å²) in [7, 11) is 1.54. The van der Waals surface area contributed by atoms with Gasteiger partial charge in [-0.15, -0.1) is 0 Å². The van der Waals surface area contributed by atoms with Crippen LogP contribution in [0.4, 0.5) is 0 Å². The van der Waals surface area contributed by atoms with Crippen LogP contribution in [0.2, 0.25) is 0 Å². The summed E-state index contributed by atoms with van der Waals surface area (Å²) in [6, 6.07) is 6.95. The van der Waals surface area contributed by atoms with Crippen molar-refractivity contribution in [1.82, 2.24) is 0 Å². The van der Waals surface area contributed by atoms with Gasteiger partial charge in [0.15, 0.2) is 18.7 Å². The van der Waals surface area contributed by atoms with E-state index in [0.29, 0.717) is 11.3 Å². The molecule has 0 unspecified atom stereocenters.